The van der Waals surface area contributed by atoms with Crippen LogP contribution in [0.5, 0.6) is 0 Å². The zero-order valence-corrected chi connectivity index (χ0v) is 10.6. The van der Waals surface area contributed by atoms with E-state index in [2.05, 4.69) is 10.1 Å². The molecule has 2 N–H and O–H groups in total. The highest BCUT2D eigenvalue weighted by Gasteiger charge is 2.06. The second-order valence-electron chi connectivity index (χ2n) is 4.43. The van der Waals surface area contributed by atoms with Gasteiger partial charge in [-0.2, -0.15) is 5.10 Å². The molecule has 0 radical (unpaired) electrons. The highest BCUT2D eigenvalue weighted by molar-refractivity contribution is 5.66. The number of benzene rings is 1. The van der Waals surface area contributed by atoms with Gasteiger partial charge in [0, 0.05) is 23.5 Å². The van der Waals surface area contributed by atoms with Crippen LogP contribution in [0.15, 0.2) is 55.0 Å². The van der Waals surface area contributed by atoms with Crippen LogP contribution in [0.3, 0.4) is 0 Å². The minimum atomic E-state index is 0.539. The van der Waals surface area contributed by atoms with Crippen molar-refractivity contribution in [2.24, 2.45) is 0 Å². The van der Waals surface area contributed by atoms with Gasteiger partial charge in [0.15, 0.2) is 0 Å². The van der Waals surface area contributed by atoms with E-state index in [0.29, 0.717) is 5.82 Å². The molecule has 0 aliphatic rings. The van der Waals surface area contributed by atoms with Crippen molar-refractivity contribution in [3.8, 4) is 16.8 Å². The van der Waals surface area contributed by atoms with Gasteiger partial charge in [-0.15, -0.1) is 0 Å². The number of aryl methyl sites for hydroxylation is 1. The second-order valence-corrected chi connectivity index (χ2v) is 4.43. The molecule has 3 rings (SSSR count). The zero-order valence-electron chi connectivity index (χ0n) is 10.6. The molecule has 0 saturated carbocycles. The summed E-state index contributed by atoms with van der Waals surface area (Å²) in [6.45, 7) is 2.02. The summed E-state index contributed by atoms with van der Waals surface area (Å²) in [6.07, 6.45) is 5.62. The van der Waals surface area contributed by atoms with E-state index in [1.54, 1.807) is 6.20 Å². The molecule has 0 unspecified atom stereocenters. The Bertz CT molecular complexity index is 701. The first-order chi connectivity index (χ1) is 9.24. The molecule has 0 saturated heterocycles. The minimum absolute atomic E-state index is 0.539. The number of nitrogens with two attached hydrogens (primary N) is 1. The van der Waals surface area contributed by atoms with Crippen molar-refractivity contribution in [3.63, 3.8) is 0 Å². The van der Waals surface area contributed by atoms with E-state index in [0.717, 1.165) is 22.4 Å². The average molecular weight is 250 g/mol. The summed E-state index contributed by atoms with van der Waals surface area (Å²) in [5, 5.41) is 4.38. The Morgan fingerprint density at radius 3 is 2.63 bits per heavy atom. The normalized spacial score (nSPS) is 10.6. The lowest BCUT2D eigenvalue weighted by atomic mass is 10.1. The topological polar surface area (TPSA) is 56.7 Å². The van der Waals surface area contributed by atoms with E-state index >= 15 is 0 Å². The molecule has 0 aliphatic carbocycles. The lowest BCUT2D eigenvalue weighted by Crippen LogP contribution is -1.93. The van der Waals surface area contributed by atoms with Crippen molar-refractivity contribution in [1.82, 2.24) is 14.8 Å². The number of para-hydroxylation sites is 1. The highest BCUT2D eigenvalue weighted by Crippen LogP contribution is 2.23. The first-order valence-corrected chi connectivity index (χ1v) is 6.06. The maximum absolute atomic E-state index is 5.67. The van der Waals surface area contributed by atoms with Gasteiger partial charge in [-0.3, -0.25) is 0 Å². The van der Waals surface area contributed by atoms with Crippen molar-refractivity contribution < 1.29 is 0 Å². The quantitative estimate of drug-likeness (QED) is 0.760. The molecule has 94 valence electrons. The summed E-state index contributed by atoms with van der Waals surface area (Å²) in [5.74, 6) is 0.539. The molecular weight excluding hydrogens is 236 g/mol. The van der Waals surface area contributed by atoms with Crippen LogP contribution in [-0.4, -0.2) is 14.8 Å². The zero-order chi connectivity index (χ0) is 13.2. The number of pyridine rings is 1. The monoisotopic (exact) mass is 250 g/mol. The van der Waals surface area contributed by atoms with E-state index in [-0.39, 0.29) is 0 Å². The van der Waals surface area contributed by atoms with Gasteiger partial charge in [0.05, 0.1) is 11.9 Å². The third-order valence-electron chi connectivity index (χ3n) is 3.05. The highest BCUT2D eigenvalue weighted by atomic mass is 15.3. The predicted octanol–water partition coefficient (Wildman–Crippen LogP) is 2.82. The molecular formula is C15H14N4. The largest absolute Gasteiger partial charge is 0.384 e. The standard InChI is InChI=1S/C15H14N4/c1-11-7-15(16)17-9-14(11)12-8-18-19(10-12)13-5-3-2-4-6-13/h2-10H,1H3,(H2,16,17). The number of anilines is 1. The average Bonchev–Trinajstić information content (AvgIpc) is 2.89. The summed E-state index contributed by atoms with van der Waals surface area (Å²) < 4.78 is 1.85. The molecule has 0 amide bonds. The summed E-state index contributed by atoms with van der Waals surface area (Å²) >= 11 is 0. The van der Waals surface area contributed by atoms with Gasteiger partial charge in [-0.25, -0.2) is 9.67 Å². The Balaban J connectivity index is 2.02. The van der Waals surface area contributed by atoms with Gasteiger partial charge in [-0.05, 0) is 30.7 Å². The lowest BCUT2D eigenvalue weighted by Gasteiger charge is -2.03. The second kappa shape index (κ2) is 4.57. The van der Waals surface area contributed by atoms with Crippen molar-refractivity contribution in [2.45, 2.75) is 6.92 Å². The molecule has 1 aromatic carbocycles. The molecule has 0 aliphatic heterocycles. The molecule has 0 atom stereocenters. The number of aromatic nitrogens is 3. The Morgan fingerprint density at radius 1 is 1.11 bits per heavy atom. The van der Waals surface area contributed by atoms with E-state index in [1.807, 2.05) is 60.4 Å². The molecule has 2 heterocycles. The van der Waals surface area contributed by atoms with Crippen molar-refractivity contribution in [2.75, 3.05) is 5.73 Å². The maximum Gasteiger partial charge on any atom is 0.123 e. The number of rotatable bonds is 2. The number of nitrogens with zero attached hydrogens (tertiary/aromatic N) is 3. The van der Waals surface area contributed by atoms with Crippen molar-refractivity contribution in [3.05, 3.63) is 60.6 Å². The van der Waals surface area contributed by atoms with Crippen LogP contribution in [-0.2, 0) is 0 Å². The van der Waals surface area contributed by atoms with Gasteiger partial charge in [0.25, 0.3) is 0 Å². The minimum Gasteiger partial charge on any atom is -0.384 e. The lowest BCUT2D eigenvalue weighted by molar-refractivity contribution is 0.881. The van der Waals surface area contributed by atoms with E-state index in [9.17, 15) is 0 Å². The van der Waals surface area contributed by atoms with Crippen LogP contribution < -0.4 is 5.73 Å². The first kappa shape index (κ1) is 11.5. The third kappa shape index (κ3) is 2.20. The SMILES string of the molecule is Cc1cc(N)ncc1-c1cnn(-c2ccccc2)c1. The van der Waals surface area contributed by atoms with E-state index < -0.39 is 0 Å². The van der Waals surface area contributed by atoms with Crippen LogP contribution in [0.25, 0.3) is 16.8 Å². The van der Waals surface area contributed by atoms with Crippen LogP contribution >= 0.6 is 0 Å². The molecule has 2 aromatic heterocycles. The molecule has 0 bridgehead atoms. The van der Waals surface area contributed by atoms with Crippen molar-refractivity contribution in [1.29, 1.82) is 0 Å². The van der Waals surface area contributed by atoms with Crippen LogP contribution in [0.2, 0.25) is 0 Å². The van der Waals surface area contributed by atoms with E-state index in [4.69, 9.17) is 5.73 Å². The van der Waals surface area contributed by atoms with Gasteiger partial charge in [-0.1, -0.05) is 18.2 Å². The van der Waals surface area contributed by atoms with Crippen LogP contribution in [0, 0.1) is 6.92 Å². The molecule has 3 aromatic rings. The van der Waals surface area contributed by atoms with Gasteiger partial charge < -0.3 is 5.73 Å². The molecule has 0 spiro atoms. The first-order valence-electron chi connectivity index (χ1n) is 6.06. The number of hydrogen-bond acceptors (Lipinski definition) is 3. The number of hydrogen-bond donors (Lipinski definition) is 1. The maximum atomic E-state index is 5.67. The van der Waals surface area contributed by atoms with Crippen molar-refractivity contribution >= 4 is 5.82 Å². The summed E-state index contributed by atoms with van der Waals surface area (Å²) in [7, 11) is 0. The van der Waals surface area contributed by atoms with E-state index in [1.165, 1.54) is 0 Å². The summed E-state index contributed by atoms with van der Waals surface area (Å²) in [5.41, 5.74) is 9.89. The van der Waals surface area contributed by atoms with Crippen LogP contribution in [0.4, 0.5) is 5.82 Å². The Labute approximate surface area is 111 Å². The molecule has 19 heavy (non-hydrogen) atoms. The third-order valence-corrected chi connectivity index (χ3v) is 3.05. The fraction of sp³-hybridized carbons (Fsp3) is 0.0667. The van der Waals surface area contributed by atoms with Gasteiger partial charge in [0.1, 0.15) is 5.82 Å². The molecule has 4 nitrogen and oxygen atoms in total. The predicted molar refractivity (Wildman–Crippen MR) is 75.9 cm³/mol. The van der Waals surface area contributed by atoms with Crippen LogP contribution in [0.1, 0.15) is 5.56 Å². The molecule has 4 heteroatoms. The van der Waals surface area contributed by atoms with Gasteiger partial charge >= 0.3 is 0 Å². The summed E-state index contributed by atoms with van der Waals surface area (Å²) in [6, 6.07) is 11.9. The number of nitrogen functional groups attached to an aromatic ring is 1. The summed E-state index contributed by atoms with van der Waals surface area (Å²) in [4.78, 5) is 4.14. The molecule has 0 fully saturated rings. The van der Waals surface area contributed by atoms with Gasteiger partial charge in [0.2, 0.25) is 0 Å². The Kier molecular flexibility index (Phi) is 2.76. The fourth-order valence-corrected chi connectivity index (χ4v) is 2.06. The fourth-order valence-electron chi connectivity index (χ4n) is 2.06. The Morgan fingerprint density at radius 2 is 1.89 bits per heavy atom. The Hall–Kier alpha value is -2.62. The smallest absolute Gasteiger partial charge is 0.123 e.